The first-order valence-corrected chi connectivity index (χ1v) is 15.2. The third-order valence-corrected chi connectivity index (χ3v) is 9.61. The maximum Gasteiger partial charge on any atom is 0.00567 e. The zero-order valence-corrected chi connectivity index (χ0v) is 23.4. The molecule has 6 aromatic rings. The summed E-state index contributed by atoms with van der Waals surface area (Å²) in [7, 11) is 0. The second-order valence-electron chi connectivity index (χ2n) is 11.9. The van der Waals surface area contributed by atoms with E-state index >= 15 is 0 Å². The fraction of sp³-hybridized carbons (Fsp3) is 0.0952. The summed E-state index contributed by atoms with van der Waals surface area (Å²) in [5.41, 5.74) is 8.35. The highest BCUT2D eigenvalue weighted by Crippen LogP contribution is 2.49. The number of benzene rings is 6. The Morgan fingerprint density at radius 1 is 0.548 bits per heavy atom. The second kappa shape index (κ2) is 9.29. The minimum absolute atomic E-state index is 0.401. The van der Waals surface area contributed by atoms with E-state index in [1.807, 2.05) is 0 Å². The van der Waals surface area contributed by atoms with Gasteiger partial charge in [0, 0.05) is 11.8 Å². The predicted octanol–water partition coefficient (Wildman–Crippen LogP) is 11.2. The van der Waals surface area contributed by atoms with Gasteiger partial charge in [-0.1, -0.05) is 140 Å². The Kier molecular flexibility index (Phi) is 5.25. The Balaban J connectivity index is 1.47. The smallest absolute Gasteiger partial charge is 0.00567 e. The molecule has 0 saturated heterocycles. The molecule has 0 nitrogen and oxygen atoms in total. The van der Waals surface area contributed by atoms with Crippen molar-refractivity contribution in [2.75, 3.05) is 0 Å². The third kappa shape index (κ3) is 3.48. The molecule has 6 aromatic carbocycles. The van der Waals surface area contributed by atoms with Gasteiger partial charge in [-0.2, -0.15) is 0 Å². The molecule has 0 aliphatic heterocycles. The van der Waals surface area contributed by atoms with Crippen molar-refractivity contribution in [1.29, 1.82) is 0 Å². The van der Waals surface area contributed by atoms with Gasteiger partial charge in [0.05, 0.1) is 0 Å². The van der Waals surface area contributed by atoms with Crippen molar-refractivity contribution in [1.82, 2.24) is 0 Å². The minimum atomic E-state index is 0.401. The molecule has 0 radical (unpaired) electrons. The number of hydrogen-bond acceptors (Lipinski definition) is 0. The van der Waals surface area contributed by atoms with Gasteiger partial charge < -0.3 is 0 Å². The molecule has 0 heterocycles. The van der Waals surface area contributed by atoms with Crippen molar-refractivity contribution < 1.29 is 0 Å². The number of hydrogen-bond donors (Lipinski definition) is 0. The van der Waals surface area contributed by atoms with E-state index in [9.17, 15) is 0 Å². The molecular weight excluding hydrogens is 504 g/mol. The lowest BCUT2D eigenvalue weighted by Crippen LogP contribution is -2.12. The van der Waals surface area contributed by atoms with Gasteiger partial charge in [-0.05, 0) is 95.4 Å². The molecule has 0 heteroatoms. The van der Waals surface area contributed by atoms with Crippen LogP contribution in [0.15, 0.2) is 140 Å². The summed E-state index contributed by atoms with van der Waals surface area (Å²) in [5.74, 6) is 0.846. The molecule has 42 heavy (non-hydrogen) atoms. The lowest BCUT2D eigenvalue weighted by atomic mass is 9.75. The maximum absolute atomic E-state index is 2.50. The van der Waals surface area contributed by atoms with Crippen LogP contribution in [0.4, 0.5) is 0 Å². The monoisotopic (exact) mass is 534 g/mol. The highest BCUT2D eigenvalue weighted by molar-refractivity contribution is 6.23. The normalized spacial score (nSPS) is 19.0. The first-order valence-electron chi connectivity index (χ1n) is 15.2. The Labute approximate surface area is 246 Å². The fourth-order valence-corrected chi connectivity index (χ4v) is 7.72. The average Bonchev–Trinajstić information content (AvgIpc) is 3.06. The summed E-state index contributed by atoms with van der Waals surface area (Å²) in [6.45, 7) is 0. The Hall–Kier alpha value is -4.94. The van der Waals surface area contributed by atoms with Crippen molar-refractivity contribution in [3.05, 3.63) is 156 Å². The molecule has 198 valence electrons. The van der Waals surface area contributed by atoms with E-state index in [0.717, 1.165) is 12.8 Å². The van der Waals surface area contributed by atoms with Crippen molar-refractivity contribution in [2.45, 2.75) is 12.8 Å². The topological polar surface area (TPSA) is 0 Å². The van der Waals surface area contributed by atoms with E-state index in [1.54, 1.807) is 0 Å². The summed E-state index contributed by atoms with van der Waals surface area (Å²) in [4.78, 5) is 0. The molecule has 3 aliphatic carbocycles. The Morgan fingerprint density at radius 2 is 1.29 bits per heavy atom. The van der Waals surface area contributed by atoms with Gasteiger partial charge in [0.1, 0.15) is 0 Å². The molecule has 9 rings (SSSR count). The van der Waals surface area contributed by atoms with Crippen molar-refractivity contribution in [2.24, 2.45) is 11.8 Å². The quantitative estimate of drug-likeness (QED) is 0.194. The Bertz CT molecular complexity index is 2250. The molecule has 0 N–H and O–H groups in total. The van der Waals surface area contributed by atoms with Gasteiger partial charge in [0.25, 0.3) is 0 Å². The number of fused-ring (bicyclic) bond motifs is 8. The first kappa shape index (κ1) is 23.7. The molecule has 2 atom stereocenters. The van der Waals surface area contributed by atoms with Crippen LogP contribution in [0.3, 0.4) is 0 Å². The van der Waals surface area contributed by atoms with Crippen LogP contribution in [0.2, 0.25) is 0 Å². The predicted molar refractivity (Wildman–Crippen MR) is 182 cm³/mol. The summed E-state index contributed by atoms with van der Waals surface area (Å²) >= 11 is 0. The zero-order valence-electron chi connectivity index (χ0n) is 23.4. The summed E-state index contributed by atoms with van der Waals surface area (Å²) in [6, 6.07) is 34.0. The zero-order chi connectivity index (χ0) is 27.6. The van der Waals surface area contributed by atoms with Gasteiger partial charge in [-0.3, -0.25) is 0 Å². The van der Waals surface area contributed by atoms with Crippen molar-refractivity contribution >= 4 is 54.7 Å². The molecule has 0 aromatic heterocycles. The van der Waals surface area contributed by atoms with Crippen LogP contribution in [0.5, 0.6) is 0 Å². The SMILES string of the molecule is C1=CC2C=CC(c3c4c(c(-c5cc6ccccc6c6ccccc56)c5c3ccc3ccccc35)CCC=C4)=CC2C=C1. The maximum atomic E-state index is 2.50. The van der Waals surface area contributed by atoms with E-state index in [-0.39, 0.29) is 0 Å². The van der Waals surface area contributed by atoms with Crippen LogP contribution in [0.1, 0.15) is 23.1 Å². The molecule has 0 saturated carbocycles. The van der Waals surface area contributed by atoms with Crippen LogP contribution in [0, 0.1) is 11.8 Å². The average molecular weight is 535 g/mol. The van der Waals surface area contributed by atoms with Gasteiger partial charge in [-0.25, -0.2) is 0 Å². The van der Waals surface area contributed by atoms with Gasteiger partial charge in [0.15, 0.2) is 0 Å². The standard InChI is InChI=1S/C42H30/c1-2-13-29-25-31(22-21-27(29)11-1)40-36-19-9-10-20-37(36)42(41-33-16-6-3-12-28(33)23-24-38(40)41)39-26-30-14-4-5-15-32(30)34-17-7-8-18-35(34)39/h1-9,11-19,21-27,29H,10,20H2. The largest absolute Gasteiger partial charge is 0.0836 e. The fourth-order valence-electron chi connectivity index (χ4n) is 7.72. The molecule has 2 unspecified atom stereocenters. The first-order chi connectivity index (χ1) is 20.8. The van der Waals surface area contributed by atoms with E-state index in [2.05, 4.69) is 146 Å². The van der Waals surface area contributed by atoms with E-state index in [1.165, 1.54) is 76.5 Å². The van der Waals surface area contributed by atoms with E-state index in [0.29, 0.717) is 11.8 Å². The van der Waals surface area contributed by atoms with E-state index in [4.69, 9.17) is 0 Å². The summed E-state index contributed by atoms with van der Waals surface area (Å²) in [5, 5.41) is 10.6. The van der Waals surface area contributed by atoms with Crippen molar-refractivity contribution in [3.8, 4) is 11.1 Å². The van der Waals surface area contributed by atoms with Crippen molar-refractivity contribution in [3.63, 3.8) is 0 Å². The molecule has 0 amide bonds. The molecule has 0 spiro atoms. The minimum Gasteiger partial charge on any atom is -0.0836 e. The highest BCUT2D eigenvalue weighted by atomic mass is 14.3. The third-order valence-electron chi connectivity index (χ3n) is 9.61. The Morgan fingerprint density at radius 3 is 2.17 bits per heavy atom. The molecule has 0 fully saturated rings. The summed E-state index contributed by atoms with van der Waals surface area (Å²) < 4.78 is 0. The van der Waals surface area contributed by atoms with Crippen LogP contribution in [-0.2, 0) is 6.42 Å². The molecule has 0 bridgehead atoms. The van der Waals surface area contributed by atoms with Crippen LogP contribution in [-0.4, -0.2) is 0 Å². The van der Waals surface area contributed by atoms with Gasteiger partial charge >= 0.3 is 0 Å². The number of rotatable bonds is 2. The number of allylic oxidation sites excluding steroid dienone is 9. The van der Waals surface area contributed by atoms with Gasteiger partial charge in [-0.15, -0.1) is 0 Å². The van der Waals surface area contributed by atoms with Crippen LogP contribution in [0.25, 0.3) is 65.9 Å². The molecular formula is C42H30. The molecule has 3 aliphatic rings. The lowest BCUT2D eigenvalue weighted by molar-refractivity contribution is 0.663. The summed E-state index contributed by atoms with van der Waals surface area (Å²) in [6.07, 6.45) is 23.2. The lowest BCUT2D eigenvalue weighted by Gasteiger charge is -2.28. The van der Waals surface area contributed by atoms with Crippen LogP contribution >= 0.6 is 0 Å². The highest BCUT2D eigenvalue weighted by Gasteiger charge is 2.27. The second-order valence-corrected chi connectivity index (χ2v) is 11.9. The van der Waals surface area contributed by atoms with Gasteiger partial charge in [0.2, 0.25) is 0 Å². The van der Waals surface area contributed by atoms with Crippen LogP contribution < -0.4 is 0 Å². The van der Waals surface area contributed by atoms with E-state index < -0.39 is 0 Å².